The summed E-state index contributed by atoms with van der Waals surface area (Å²) in [6.45, 7) is 16.8. The number of guanidine groups is 1. The number of aliphatic imine (C=N–C) groups is 1. The Morgan fingerprint density at radius 2 is 1.86 bits per heavy atom. The van der Waals surface area contributed by atoms with Crippen LogP contribution in [0.3, 0.4) is 0 Å². The maximum Gasteiger partial charge on any atom is 0.191 e. The molecule has 0 saturated carbocycles. The quantitative estimate of drug-likeness (QED) is 0.386. The van der Waals surface area contributed by atoms with Gasteiger partial charge in [-0.25, -0.2) is 4.39 Å². The predicted molar refractivity (Wildman–Crippen MR) is 116 cm³/mol. The number of hydrogen-bond donors (Lipinski definition) is 2. The number of nitrogens with zero attached hydrogens (tertiary/aromatic N) is 3. The van der Waals surface area contributed by atoms with Crippen LogP contribution in [0.4, 0.5) is 4.39 Å². The van der Waals surface area contributed by atoms with E-state index in [4.69, 9.17) is 4.99 Å². The van der Waals surface area contributed by atoms with Gasteiger partial charge in [-0.3, -0.25) is 4.99 Å². The van der Waals surface area contributed by atoms with Crippen molar-refractivity contribution in [2.24, 2.45) is 4.99 Å². The van der Waals surface area contributed by atoms with E-state index in [1.807, 2.05) is 19.1 Å². The van der Waals surface area contributed by atoms with E-state index in [1.54, 1.807) is 13.0 Å². The van der Waals surface area contributed by atoms with Crippen molar-refractivity contribution in [3.8, 4) is 0 Å². The third kappa shape index (κ3) is 7.40. The van der Waals surface area contributed by atoms with E-state index in [-0.39, 0.29) is 11.9 Å². The lowest BCUT2D eigenvalue weighted by atomic mass is 10.1. The molecule has 0 bridgehead atoms. The molecule has 0 radical (unpaired) electrons. The third-order valence-corrected chi connectivity index (χ3v) is 5.46. The highest BCUT2D eigenvalue weighted by Crippen LogP contribution is 2.16. The summed E-state index contributed by atoms with van der Waals surface area (Å²) in [5.74, 6) is 0.639. The number of nitrogens with one attached hydrogen (secondary N) is 2. The minimum atomic E-state index is -0.159. The first-order valence-corrected chi connectivity index (χ1v) is 10.8. The highest BCUT2D eigenvalue weighted by Gasteiger charge is 2.14. The summed E-state index contributed by atoms with van der Waals surface area (Å²) >= 11 is 0. The summed E-state index contributed by atoms with van der Waals surface area (Å²) in [7, 11) is 0. The molecular formula is C22H38FN5. The van der Waals surface area contributed by atoms with Gasteiger partial charge >= 0.3 is 0 Å². The summed E-state index contributed by atoms with van der Waals surface area (Å²) in [5, 5.41) is 6.68. The number of piperazine rings is 1. The van der Waals surface area contributed by atoms with Gasteiger partial charge in [0.15, 0.2) is 5.96 Å². The lowest BCUT2D eigenvalue weighted by Gasteiger charge is -2.33. The van der Waals surface area contributed by atoms with Crippen molar-refractivity contribution in [2.45, 2.75) is 46.6 Å². The summed E-state index contributed by atoms with van der Waals surface area (Å²) in [6.07, 6.45) is 2.26. The van der Waals surface area contributed by atoms with Gasteiger partial charge in [-0.15, -0.1) is 0 Å². The first kappa shape index (κ1) is 22.6. The second-order valence-electron chi connectivity index (χ2n) is 7.62. The van der Waals surface area contributed by atoms with E-state index < -0.39 is 0 Å². The second kappa shape index (κ2) is 12.0. The number of rotatable bonds is 9. The molecule has 0 aromatic heterocycles. The molecule has 158 valence electrons. The average molecular weight is 392 g/mol. The zero-order valence-electron chi connectivity index (χ0n) is 18.1. The molecule has 2 N–H and O–H groups in total. The van der Waals surface area contributed by atoms with E-state index in [2.05, 4.69) is 34.3 Å². The third-order valence-electron chi connectivity index (χ3n) is 5.46. The van der Waals surface area contributed by atoms with Crippen LogP contribution < -0.4 is 10.6 Å². The average Bonchev–Trinajstić information content (AvgIpc) is 2.70. The first-order valence-electron chi connectivity index (χ1n) is 10.8. The van der Waals surface area contributed by atoms with Crippen LogP contribution in [0.15, 0.2) is 23.2 Å². The Bertz CT molecular complexity index is 611. The Morgan fingerprint density at radius 1 is 1.14 bits per heavy atom. The molecule has 2 rings (SSSR count). The molecule has 1 atom stereocenters. The van der Waals surface area contributed by atoms with Crippen molar-refractivity contribution >= 4 is 5.96 Å². The molecule has 5 nitrogen and oxygen atoms in total. The van der Waals surface area contributed by atoms with Gasteiger partial charge in [0.2, 0.25) is 0 Å². The molecule has 1 fully saturated rings. The van der Waals surface area contributed by atoms with Crippen molar-refractivity contribution in [3.63, 3.8) is 0 Å². The molecule has 1 unspecified atom stereocenters. The molecule has 0 spiro atoms. The van der Waals surface area contributed by atoms with E-state index in [1.165, 1.54) is 32.6 Å². The van der Waals surface area contributed by atoms with Gasteiger partial charge in [0.25, 0.3) is 0 Å². The van der Waals surface area contributed by atoms with Gasteiger partial charge in [-0.1, -0.05) is 19.1 Å². The zero-order chi connectivity index (χ0) is 20.4. The van der Waals surface area contributed by atoms with Crippen LogP contribution >= 0.6 is 0 Å². The van der Waals surface area contributed by atoms with Crippen LogP contribution in [-0.4, -0.2) is 68.1 Å². The topological polar surface area (TPSA) is 42.9 Å². The largest absolute Gasteiger partial charge is 0.357 e. The molecular weight excluding hydrogens is 353 g/mol. The minimum absolute atomic E-state index is 0.00256. The Morgan fingerprint density at radius 3 is 2.50 bits per heavy atom. The molecule has 1 saturated heterocycles. The molecule has 1 heterocycles. The number of hydrogen-bond acceptors (Lipinski definition) is 3. The summed E-state index contributed by atoms with van der Waals surface area (Å²) in [4.78, 5) is 9.77. The van der Waals surface area contributed by atoms with Gasteiger partial charge in [0.1, 0.15) is 5.82 Å². The lowest BCUT2D eigenvalue weighted by Crippen LogP contribution is -2.46. The van der Waals surface area contributed by atoms with Crippen molar-refractivity contribution in [2.75, 3.05) is 52.4 Å². The first-order chi connectivity index (χ1) is 13.5. The number of unbranched alkanes of at least 4 members (excludes halogenated alkanes) is 1. The van der Waals surface area contributed by atoms with E-state index in [9.17, 15) is 4.39 Å². The maximum absolute atomic E-state index is 13.8. The summed E-state index contributed by atoms with van der Waals surface area (Å²) < 4.78 is 13.8. The van der Waals surface area contributed by atoms with Crippen LogP contribution in [-0.2, 0) is 0 Å². The molecule has 1 aliphatic rings. The highest BCUT2D eigenvalue weighted by atomic mass is 19.1. The van der Waals surface area contributed by atoms with E-state index >= 15 is 0 Å². The van der Waals surface area contributed by atoms with Gasteiger partial charge < -0.3 is 20.4 Å². The van der Waals surface area contributed by atoms with E-state index in [0.29, 0.717) is 5.56 Å². The molecule has 1 aromatic rings. The second-order valence-corrected chi connectivity index (χ2v) is 7.62. The summed E-state index contributed by atoms with van der Waals surface area (Å²) in [5.41, 5.74) is 1.60. The van der Waals surface area contributed by atoms with Gasteiger partial charge in [0, 0.05) is 39.3 Å². The Balaban J connectivity index is 1.74. The Labute approximate surface area is 170 Å². The molecule has 28 heavy (non-hydrogen) atoms. The van der Waals surface area contributed by atoms with Gasteiger partial charge in [-0.2, -0.15) is 0 Å². The number of benzene rings is 1. The smallest absolute Gasteiger partial charge is 0.191 e. The van der Waals surface area contributed by atoms with Crippen LogP contribution in [0.1, 0.15) is 50.8 Å². The fraction of sp³-hybridized carbons (Fsp3) is 0.682. The van der Waals surface area contributed by atoms with E-state index in [0.717, 1.165) is 44.1 Å². The molecule has 1 aromatic carbocycles. The molecule has 6 heteroatoms. The fourth-order valence-corrected chi connectivity index (χ4v) is 3.45. The summed E-state index contributed by atoms with van der Waals surface area (Å²) in [6, 6.07) is 5.41. The normalized spacial score (nSPS) is 17.5. The van der Waals surface area contributed by atoms with Crippen molar-refractivity contribution < 1.29 is 4.39 Å². The molecule has 0 amide bonds. The fourth-order valence-electron chi connectivity index (χ4n) is 3.45. The maximum atomic E-state index is 13.8. The zero-order valence-corrected chi connectivity index (χ0v) is 18.1. The van der Waals surface area contributed by atoms with Crippen molar-refractivity contribution in [1.82, 2.24) is 20.4 Å². The van der Waals surface area contributed by atoms with Gasteiger partial charge in [-0.05, 0) is 63.9 Å². The van der Waals surface area contributed by atoms with Gasteiger partial charge in [0.05, 0.1) is 6.04 Å². The van der Waals surface area contributed by atoms with Crippen LogP contribution in [0.5, 0.6) is 0 Å². The van der Waals surface area contributed by atoms with Crippen LogP contribution in [0.2, 0.25) is 0 Å². The van der Waals surface area contributed by atoms with Crippen molar-refractivity contribution in [3.05, 3.63) is 35.1 Å². The lowest BCUT2D eigenvalue weighted by molar-refractivity contribution is 0.136. The number of likely N-dealkylation sites (N-methyl/N-ethyl adjacent to an activating group) is 1. The Hall–Kier alpha value is -1.66. The molecule has 1 aliphatic heterocycles. The van der Waals surface area contributed by atoms with Crippen LogP contribution in [0.25, 0.3) is 0 Å². The molecule has 0 aliphatic carbocycles. The minimum Gasteiger partial charge on any atom is -0.357 e. The van der Waals surface area contributed by atoms with Crippen molar-refractivity contribution in [1.29, 1.82) is 0 Å². The predicted octanol–water partition coefficient (Wildman–Crippen LogP) is 3.17. The number of aryl methyl sites for hydroxylation is 1. The standard InChI is InChI=1S/C22H38FN5/c1-5-24-22(26-19(4)20-10-9-18(3)21(23)17-20)25-11-7-8-12-28-15-13-27(6-2)14-16-28/h9-10,17,19H,5-8,11-16H2,1-4H3,(H2,24,25,26). The number of halogens is 1. The Kier molecular flexibility index (Phi) is 9.71. The monoisotopic (exact) mass is 391 g/mol. The highest BCUT2D eigenvalue weighted by molar-refractivity contribution is 5.80. The SMILES string of the molecule is CCNC(=NCCCCN1CCN(CC)CC1)NC(C)c1ccc(C)c(F)c1. The van der Waals surface area contributed by atoms with Crippen LogP contribution in [0, 0.1) is 12.7 Å².